The first kappa shape index (κ1) is 67.5. The maximum atomic E-state index is 13.9. The number of H-pyrrole nitrogens is 3. The van der Waals surface area contributed by atoms with Crippen LogP contribution in [0.15, 0.2) is 210 Å². The number of sulfone groups is 1. The van der Waals surface area contributed by atoms with Crippen molar-refractivity contribution >= 4 is 85.3 Å². The third-order valence-corrected chi connectivity index (χ3v) is 22.9. The van der Waals surface area contributed by atoms with Gasteiger partial charge in [-0.25, -0.2) is 34.7 Å². The lowest BCUT2D eigenvalue weighted by Crippen LogP contribution is -2.18. The zero-order chi connectivity index (χ0) is 71.4. The van der Waals surface area contributed by atoms with Crippen molar-refractivity contribution in [1.29, 1.82) is 5.26 Å². The molecule has 104 heavy (non-hydrogen) atoms. The fourth-order valence-corrected chi connectivity index (χ4v) is 16.7. The minimum absolute atomic E-state index is 0.208. The average molecular weight is 1430 g/mol. The number of hydrogen-bond donors (Lipinski definition) is 4. The Morgan fingerprint density at radius 3 is 1.02 bits per heavy atom. The topological polar surface area (TPSA) is 233 Å². The minimum atomic E-state index is -3.55. The van der Waals surface area contributed by atoms with Gasteiger partial charge >= 0.3 is 0 Å². The molecule has 3 aliphatic rings. The molecule has 18 nitrogen and oxygen atoms in total. The third kappa shape index (κ3) is 12.8. The highest BCUT2D eigenvalue weighted by Gasteiger charge is 2.33. The first-order valence-corrected chi connectivity index (χ1v) is 37.9. The third-order valence-electron chi connectivity index (χ3n) is 20.4. The molecule has 0 bridgehead atoms. The van der Waals surface area contributed by atoms with Crippen molar-refractivity contribution in [1.82, 2.24) is 49.0 Å². The summed E-state index contributed by atoms with van der Waals surface area (Å²) in [5.41, 5.74) is 18.7. The highest BCUT2D eigenvalue weighted by atomic mass is 32.2. The summed E-state index contributed by atoms with van der Waals surface area (Å²) >= 11 is 0. The van der Waals surface area contributed by atoms with E-state index >= 15 is 0 Å². The number of fused-ring (bicyclic) bond motifs is 6. The number of nitriles is 1. The van der Waals surface area contributed by atoms with Crippen LogP contribution in [0.25, 0.3) is 116 Å². The van der Waals surface area contributed by atoms with Crippen LogP contribution < -0.4 is 4.72 Å². The zero-order valence-corrected chi connectivity index (χ0v) is 58.3. The van der Waals surface area contributed by atoms with Crippen molar-refractivity contribution in [3.63, 3.8) is 0 Å². The first-order chi connectivity index (χ1) is 50.6. The largest absolute Gasteiger partial charge is 0.381 e. The molecular formula is C81H70F3N11O7S2. The van der Waals surface area contributed by atoms with Crippen LogP contribution in [-0.2, 0) is 34.1 Å². The summed E-state index contributed by atoms with van der Waals surface area (Å²) in [5.74, 6) is -0.107. The number of halogens is 3. The summed E-state index contributed by atoms with van der Waals surface area (Å²) in [7, 11) is -5.46. The molecule has 3 saturated heterocycles. The molecule has 3 aliphatic heterocycles. The summed E-state index contributed by atoms with van der Waals surface area (Å²) < 4.78 is 116. The van der Waals surface area contributed by atoms with Crippen LogP contribution in [-0.4, -0.2) is 114 Å². The van der Waals surface area contributed by atoms with Crippen LogP contribution in [0, 0.1) is 28.8 Å². The Labute approximate surface area is 596 Å². The van der Waals surface area contributed by atoms with E-state index in [9.17, 15) is 35.3 Å². The Balaban J connectivity index is 0.000000120. The van der Waals surface area contributed by atoms with Crippen molar-refractivity contribution in [2.24, 2.45) is 0 Å². The summed E-state index contributed by atoms with van der Waals surface area (Å²) in [4.78, 5) is 0.492. The van der Waals surface area contributed by atoms with Gasteiger partial charge < -0.3 is 27.9 Å². The van der Waals surface area contributed by atoms with E-state index in [1.165, 1.54) is 55.4 Å². The van der Waals surface area contributed by atoms with Gasteiger partial charge in [-0.1, -0.05) is 36.4 Å². The van der Waals surface area contributed by atoms with Gasteiger partial charge in [-0.15, -0.1) is 0 Å². The highest BCUT2D eigenvalue weighted by Crippen LogP contribution is 2.49. The second kappa shape index (κ2) is 28.0. The van der Waals surface area contributed by atoms with E-state index in [4.69, 9.17) is 14.2 Å². The lowest BCUT2D eigenvalue weighted by Gasteiger charge is -2.26. The number of nitrogens with zero attached hydrogens (tertiary/aromatic N) is 7. The van der Waals surface area contributed by atoms with Crippen LogP contribution in [0.3, 0.4) is 0 Å². The molecule has 3 fully saturated rings. The minimum Gasteiger partial charge on any atom is -0.381 e. The van der Waals surface area contributed by atoms with Gasteiger partial charge in [0.1, 0.15) is 17.5 Å². The molecule has 4 N–H and O–H groups in total. The predicted molar refractivity (Wildman–Crippen MR) is 397 cm³/mol. The second-order valence-corrected chi connectivity index (χ2v) is 30.5. The van der Waals surface area contributed by atoms with Gasteiger partial charge in [-0.05, 0) is 208 Å². The molecule has 0 amide bonds. The Morgan fingerprint density at radius 1 is 0.433 bits per heavy atom. The Bertz CT molecular complexity index is 5990. The van der Waals surface area contributed by atoms with Gasteiger partial charge in [0.2, 0.25) is 10.0 Å². The predicted octanol–water partition coefficient (Wildman–Crippen LogP) is 16.8. The number of nitrogens with one attached hydrogen (secondary N) is 4. The lowest BCUT2D eigenvalue weighted by atomic mass is 9.89. The van der Waals surface area contributed by atoms with E-state index in [2.05, 4.69) is 91.5 Å². The monoisotopic (exact) mass is 1430 g/mol. The standard InChI is InChI=1S/C27H25FN4O3S.C27H21FN4O.C27H24FN3O3S/c1-29-36(33,34)22-8-2-17(3-9-22)26-23-15-24-19(16-30-31-24)14-25(23)32(21-6-4-20(28)5-7-21)27(26)18-10-12-35-13-11-18;28-21-5-7-22(8-6-21)32-25-13-20-16-30-31-24(20)14-23(25)26(18-3-1-17(15-29)2-4-18)27(32)19-9-11-33-12-10-19;1-35(32,33)22-8-2-17(3-9-22)26-23-15-24-19(16-29-30-24)14-25(23)31(21-6-4-20(28)5-7-21)27(26)18-10-12-34-13-11-18/h2-9,14-16,18,29H,10-13H2,1H3,(H,30,31);1-8,13-14,16,19H,9-12H2,(H,30,31);2-9,14-16,18H,10-13H2,1H3,(H,29,30). The fraction of sp³-hybridized carbons (Fsp3) is 0.210. The molecule has 0 saturated carbocycles. The maximum Gasteiger partial charge on any atom is 0.240 e. The van der Waals surface area contributed by atoms with Crippen LogP contribution >= 0.6 is 0 Å². The molecule has 15 aromatic rings. The normalized spacial score (nSPS) is 15.0. The first-order valence-electron chi connectivity index (χ1n) is 34.5. The number of hydrogen-bond acceptors (Lipinski definition) is 11. The zero-order valence-electron chi connectivity index (χ0n) is 56.7. The molecule has 23 heteroatoms. The van der Waals surface area contributed by atoms with E-state index < -0.39 is 19.9 Å². The SMILES string of the molecule is CNS(=O)(=O)c1ccc(-c2c(C3CCOCC3)n(-c3ccc(F)cc3)c3cc4cn[nH]c4cc23)cc1.CS(=O)(=O)c1ccc(-c2c(C3CCOCC3)n(-c3ccc(F)cc3)c3cc4cn[nH]c4cc23)cc1.N#Cc1ccc(-c2c(C3CCOCC3)n(-c3ccc(F)cc3)c3cc4cn[nH]c4cc23)cc1. The van der Waals surface area contributed by atoms with Gasteiger partial charge in [0.15, 0.2) is 9.84 Å². The lowest BCUT2D eigenvalue weighted by molar-refractivity contribution is 0.0843. The summed E-state index contributed by atoms with van der Waals surface area (Å²) in [6.45, 7) is 4.11. The average Bonchev–Trinajstić information content (AvgIpc) is 1.59. The van der Waals surface area contributed by atoms with E-state index in [-0.39, 0.29) is 39.1 Å². The quantitative estimate of drug-likeness (QED) is 0.0898. The van der Waals surface area contributed by atoms with E-state index in [0.717, 1.165) is 166 Å². The molecule has 9 heterocycles. The molecule has 0 atom stereocenters. The van der Waals surface area contributed by atoms with Crippen LogP contribution in [0.5, 0.6) is 0 Å². The van der Waals surface area contributed by atoms with Crippen LogP contribution in [0.1, 0.15) is 78.9 Å². The van der Waals surface area contributed by atoms with Gasteiger partial charge in [-0.2, -0.15) is 20.6 Å². The van der Waals surface area contributed by atoms with Crippen molar-refractivity contribution in [3.8, 4) is 56.5 Å². The van der Waals surface area contributed by atoms with Crippen molar-refractivity contribution in [2.45, 2.75) is 66.1 Å². The van der Waals surface area contributed by atoms with Gasteiger partial charge in [0, 0.05) is 147 Å². The van der Waals surface area contributed by atoms with Gasteiger partial charge in [0.05, 0.1) is 73.1 Å². The molecule has 0 unspecified atom stereocenters. The van der Waals surface area contributed by atoms with E-state index in [1.807, 2.05) is 66.9 Å². The molecule has 18 rings (SSSR count). The molecule has 524 valence electrons. The number of aromatic amines is 3. The number of sulfonamides is 1. The molecule has 9 aromatic carbocycles. The van der Waals surface area contributed by atoms with Crippen molar-refractivity contribution < 1.29 is 44.2 Å². The van der Waals surface area contributed by atoms with Crippen LogP contribution in [0.2, 0.25) is 0 Å². The summed E-state index contributed by atoms with van der Waals surface area (Å²) in [6.07, 6.45) is 11.9. The van der Waals surface area contributed by atoms with Gasteiger partial charge in [-0.3, -0.25) is 15.3 Å². The second-order valence-electron chi connectivity index (χ2n) is 26.6. The van der Waals surface area contributed by atoms with E-state index in [0.29, 0.717) is 51.1 Å². The Hall–Kier alpha value is -11.0. The molecule has 0 radical (unpaired) electrons. The van der Waals surface area contributed by atoms with E-state index in [1.54, 1.807) is 60.9 Å². The van der Waals surface area contributed by atoms with Crippen molar-refractivity contribution in [2.75, 3.05) is 52.9 Å². The van der Waals surface area contributed by atoms with Crippen LogP contribution in [0.4, 0.5) is 13.2 Å². The molecule has 0 spiro atoms. The number of ether oxygens (including phenoxy) is 3. The molecular weight excluding hydrogens is 1360 g/mol. The maximum absolute atomic E-state index is 13.9. The molecule has 6 aromatic heterocycles. The fourth-order valence-electron chi connectivity index (χ4n) is 15.3. The Morgan fingerprint density at radius 2 is 0.731 bits per heavy atom. The Kier molecular flexibility index (Phi) is 18.2. The van der Waals surface area contributed by atoms with Crippen molar-refractivity contribution in [3.05, 3.63) is 241 Å². The number of benzene rings is 9. The smallest absolute Gasteiger partial charge is 0.240 e. The van der Waals surface area contributed by atoms with Gasteiger partial charge in [0.25, 0.3) is 0 Å². The molecule has 0 aliphatic carbocycles. The number of aromatic nitrogens is 9. The number of rotatable bonds is 12. The highest BCUT2D eigenvalue weighted by molar-refractivity contribution is 7.90. The summed E-state index contributed by atoms with van der Waals surface area (Å²) in [5, 5.41) is 37.3. The summed E-state index contributed by atoms with van der Waals surface area (Å²) in [6, 6.07) is 56.5.